The summed E-state index contributed by atoms with van der Waals surface area (Å²) in [5.41, 5.74) is 1.05. The highest BCUT2D eigenvalue weighted by molar-refractivity contribution is 7.81. The van der Waals surface area contributed by atoms with E-state index in [1.165, 1.54) is 0 Å². The summed E-state index contributed by atoms with van der Waals surface area (Å²) in [6.45, 7) is 5.91. The van der Waals surface area contributed by atoms with Gasteiger partial charge in [-0.3, -0.25) is 0 Å². The highest BCUT2D eigenvalue weighted by atomic mass is 32.1. The fraction of sp³-hybridized carbons (Fsp3) is 0.500. The van der Waals surface area contributed by atoms with Gasteiger partial charge in [0.15, 0.2) is 0 Å². The predicted octanol–water partition coefficient (Wildman–Crippen LogP) is 1.95. The predicted molar refractivity (Wildman–Crippen MR) is 48.8 cm³/mol. The highest BCUT2D eigenvalue weighted by Gasteiger charge is 2.14. The number of thiol groups is 1. The van der Waals surface area contributed by atoms with E-state index in [-0.39, 0.29) is 4.75 Å². The Labute approximate surface area is 72.5 Å². The molecule has 0 aliphatic carbocycles. The molecule has 0 amide bonds. The molecular formula is C8H12N2S. The van der Waals surface area contributed by atoms with Gasteiger partial charge in [0.25, 0.3) is 0 Å². The summed E-state index contributed by atoms with van der Waals surface area (Å²) in [5, 5.41) is 0. The molecule has 60 valence electrons. The molecule has 1 rings (SSSR count). The van der Waals surface area contributed by atoms with Gasteiger partial charge in [0, 0.05) is 22.7 Å². The Morgan fingerprint density at radius 1 is 1.27 bits per heavy atom. The molecule has 0 aromatic carbocycles. The monoisotopic (exact) mass is 168 g/mol. The highest BCUT2D eigenvalue weighted by Crippen LogP contribution is 2.25. The molecule has 1 aromatic rings. The SMILES string of the molecule is Cc1ncc(C(C)(C)S)cn1. The average molecular weight is 168 g/mol. The summed E-state index contributed by atoms with van der Waals surface area (Å²) in [7, 11) is 0. The standard InChI is InChI=1S/C8H12N2S/c1-6-9-4-7(5-10-6)8(2,3)11/h4-5,11H,1-3H3. The van der Waals surface area contributed by atoms with Crippen LogP contribution in [0, 0.1) is 6.92 Å². The van der Waals surface area contributed by atoms with E-state index < -0.39 is 0 Å². The van der Waals surface area contributed by atoms with Crippen LogP contribution in [0.5, 0.6) is 0 Å². The molecule has 0 spiro atoms. The van der Waals surface area contributed by atoms with Crippen LogP contribution < -0.4 is 0 Å². The molecule has 3 heteroatoms. The van der Waals surface area contributed by atoms with E-state index in [4.69, 9.17) is 0 Å². The van der Waals surface area contributed by atoms with Crippen molar-refractivity contribution in [2.24, 2.45) is 0 Å². The van der Waals surface area contributed by atoms with E-state index in [0.29, 0.717) is 0 Å². The lowest BCUT2D eigenvalue weighted by Gasteiger charge is -2.16. The van der Waals surface area contributed by atoms with Crippen molar-refractivity contribution in [1.82, 2.24) is 9.97 Å². The first-order valence-electron chi connectivity index (χ1n) is 3.51. The van der Waals surface area contributed by atoms with Crippen LogP contribution in [0.15, 0.2) is 12.4 Å². The topological polar surface area (TPSA) is 25.8 Å². The van der Waals surface area contributed by atoms with E-state index >= 15 is 0 Å². The van der Waals surface area contributed by atoms with Gasteiger partial charge in [-0.1, -0.05) is 0 Å². The number of hydrogen-bond donors (Lipinski definition) is 1. The van der Waals surface area contributed by atoms with Crippen LogP contribution in [-0.4, -0.2) is 9.97 Å². The summed E-state index contributed by atoms with van der Waals surface area (Å²) in [5.74, 6) is 0.798. The first-order chi connectivity index (χ1) is 5.00. The van der Waals surface area contributed by atoms with Crippen LogP contribution in [0.25, 0.3) is 0 Å². The summed E-state index contributed by atoms with van der Waals surface area (Å²) >= 11 is 4.40. The first kappa shape index (κ1) is 8.53. The van der Waals surface area contributed by atoms with Crippen molar-refractivity contribution in [3.63, 3.8) is 0 Å². The quantitative estimate of drug-likeness (QED) is 0.648. The zero-order valence-electron chi connectivity index (χ0n) is 7.00. The van der Waals surface area contributed by atoms with Crippen LogP contribution in [0.2, 0.25) is 0 Å². The van der Waals surface area contributed by atoms with Crippen LogP contribution >= 0.6 is 12.6 Å². The molecule has 1 heterocycles. The Kier molecular flexibility index (Phi) is 2.18. The maximum absolute atomic E-state index is 4.40. The Morgan fingerprint density at radius 3 is 2.09 bits per heavy atom. The lowest BCUT2D eigenvalue weighted by molar-refractivity contribution is 0.772. The lowest BCUT2D eigenvalue weighted by atomic mass is 10.1. The molecule has 0 saturated carbocycles. The van der Waals surface area contributed by atoms with Crippen molar-refractivity contribution >= 4 is 12.6 Å². The minimum Gasteiger partial charge on any atom is -0.241 e. The molecule has 11 heavy (non-hydrogen) atoms. The van der Waals surface area contributed by atoms with Gasteiger partial charge in [0.1, 0.15) is 5.82 Å². The molecule has 2 nitrogen and oxygen atoms in total. The van der Waals surface area contributed by atoms with Crippen LogP contribution in [0.3, 0.4) is 0 Å². The van der Waals surface area contributed by atoms with Gasteiger partial charge in [0.2, 0.25) is 0 Å². The minimum atomic E-state index is -0.145. The fourth-order valence-corrected chi connectivity index (χ4v) is 0.824. The zero-order valence-corrected chi connectivity index (χ0v) is 7.89. The van der Waals surface area contributed by atoms with Crippen molar-refractivity contribution in [2.45, 2.75) is 25.5 Å². The molecule has 0 bridgehead atoms. The summed E-state index contributed by atoms with van der Waals surface area (Å²) in [6.07, 6.45) is 3.63. The Balaban J connectivity index is 2.99. The second kappa shape index (κ2) is 2.81. The van der Waals surface area contributed by atoms with E-state index in [1.807, 2.05) is 33.2 Å². The van der Waals surface area contributed by atoms with Crippen LogP contribution in [0.4, 0.5) is 0 Å². The fourth-order valence-electron chi connectivity index (χ4n) is 0.709. The van der Waals surface area contributed by atoms with Crippen molar-refractivity contribution in [2.75, 3.05) is 0 Å². The first-order valence-corrected chi connectivity index (χ1v) is 3.96. The molecule has 0 aliphatic heterocycles. The molecule has 1 aromatic heterocycles. The van der Waals surface area contributed by atoms with Crippen molar-refractivity contribution < 1.29 is 0 Å². The van der Waals surface area contributed by atoms with E-state index in [0.717, 1.165) is 11.4 Å². The Morgan fingerprint density at radius 2 is 1.73 bits per heavy atom. The number of nitrogens with zero attached hydrogens (tertiary/aromatic N) is 2. The number of aromatic nitrogens is 2. The van der Waals surface area contributed by atoms with E-state index in [1.54, 1.807) is 0 Å². The van der Waals surface area contributed by atoms with Gasteiger partial charge in [-0.25, -0.2) is 9.97 Å². The summed E-state index contributed by atoms with van der Waals surface area (Å²) in [6, 6.07) is 0. The third-order valence-corrected chi connectivity index (χ3v) is 1.75. The molecule has 0 N–H and O–H groups in total. The number of aryl methyl sites for hydroxylation is 1. The average Bonchev–Trinajstić information content (AvgIpc) is 1.86. The molecule has 0 saturated heterocycles. The number of rotatable bonds is 1. The molecule has 0 aliphatic rings. The van der Waals surface area contributed by atoms with Gasteiger partial charge in [-0.2, -0.15) is 12.6 Å². The van der Waals surface area contributed by atoms with Crippen LogP contribution in [0.1, 0.15) is 25.2 Å². The third kappa shape index (κ3) is 2.19. The van der Waals surface area contributed by atoms with E-state index in [2.05, 4.69) is 22.6 Å². The summed E-state index contributed by atoms with van der Waals surface area (Å²) < 4.78 is -0.145. The number of hydrogen-bond acceptors (Lipinski definition) is 3. The Bertz CT molecular complexity index is 235. The minimum absolute atomic E-state index is 0.145. The van der Waals surface area contributed by atoms with Gasteiger partial charge in [-0.15, -0.1) is 0 Å². The second-order valence-corrected chi connectivity index (χ2v) is 4.20. The van der Waals surface area contributed by atoms with Gasteiger partial charge >= 0.3 is 0 Å². The van der Waals surface area contributed by atoms with Crippen molar-refractivity contribution in [3.8, 4) is 0 Å². The van der Waals surface area contributed by atoms with Gasteiger partial charge < -0.3 is 0 Å². The van der Waals surface area contributed by atoms with Gasteiger partial charge in [0.05, 0.1) is 0 Å². The smallest absolute Gasteiger partial charge is 0.125 e. The summed E-state index contributed by atoms with van der Waals surface area (Å²) in [4.78, 5) is 8.17. The maximum Gasteiger partial charge on any atom is 0.125 e. The van der Waals surface area contributed by atoms with Crippen LogP contribution in [-0.2, 0) is 4.75 Å². The molecule has 0 atom stereocenters. The molecule has 0 radical (unpaired) electrons. The van der Waals surface area contributed by atoms with Crippen molar-refractivity contribution in [1.29, 1.82) is 0 Å². The molecule has 0 unspecified atom stereocenters. The second-order valence-electron chi connectivity index (χ2n) is 3.08. The zero-order chi connectivity index (χ0) is 8.48. The Hall–Kier alpha value is -0.570. The molecular weight excluding hydrogens is 156 g/mol. The molecule has 0 fully saturated rings. The maximum atomic E-state index is 4.40. The largest absolute Gasteiger partial charge is 0.241 e. The third-order valence-electron chi connectivity index (χ3n) is 1.49. The van der Waals surface area contributed by atoms with Crippen molar-refractivity contribution in [3.05, 3.63) is 23.8 Å². The normalized spacial score (nSPS) is 11.6. The van der Waals surface area contributed by atoms with Gasteiger partial charge in [-0.05, 0) is 20.8 Å². The lowest BCUT2D eigenvalue weighted by Crippen LogP contribution is -2.08. The van der Waals surface area contributed by atoms with E-state index in [9.17, 15) is 0 Å².